The molecule has 5 unspecified atom stereocenters. The summed E-state index contributed by atoms with van der Waals surface area (Å²) in [6, 6.07) is -5.55. The Morgan fingerprint density at radius 1 is 0.893 bits per heavy atom. The van der Waals surface area contributed by atoms with Crippen LogP contribution in [0.25, 0.3) is 0 Å². The van der Waals surface area contributed by atoms with Crippen LogP contribution in [0.15, 0.2) is 0 Å². The molecule has 0 aromatic carbocycles. The number of carbonyl (C=O) groups is 5. The fraction of sp³-hybridized carbons (Fsp3) is 0.667. The number of carboxylic acids is 2. The molecule has 3 amide bonds. The molecule has 0 spiro atoms. The minimum absolute atomic E-state index is 0.363. The van der Waals surface area contributed by atoms with E-state index in [1.807, 2.05) is 5.32 Å². The lowest BCUT2D eigenvalue weighted by Crippen LogP contribution is -2.57. The second-order valence-electron chi connectivity index (χ2n) is 6.07. The molecule has 0 saturated carbocycles. The van der Waals surface area contributed by atoms with E-state index in [1.165, 1.54) is 13.8 Å². The van der Waals surface area contributed by atoms with Crippen molar-refractivity contribution < 1.29 is 44.4 Å². The first kappa shape index (κ1) is 25.2. The maximum absolute atomic E-state index is 12.2. The number of rotatable bonds is 12. The van der Waals surface area contributed by atoms with Crippen molar-refractivity contribution in [2.45, 2.75) is 57.0 Å². The first-order valence-electron chi connectivity index (χ1n) is 8.30. The highest BCUT2D eigenvalue weighted by Gasteiger charge is 2.29. The van der Waals surface area contributed by atoms with Crippen molar-refractivity contribution in [3.63, 3.8) is 0 Å². The molecule has 13 heteroatoms. The van der Waals surface area contributed by atoms with Gasteiger partial charge in [0.2, 0.25) is 17.7 Å². The molecule has 0 fully saturated rings. The second kappa shape index (κ2) is 11.8. The number of nitrogens with two attached hydrogens (primary N) is 1. The highest BCUT2D eigenvalue weighted by Crippen LogP contribution is 2.01. The molecule has 0 aromatic rings. The highest BCUT2D eigenvalue weighted by molar-refractivity contribution is 5.94. The molecule has 160 valence electrons. The summed E-state index contributed by atoms with van der Waals surface area (Å²) >= 11 is 0. The van der Waals surface area contributed by atoms with Crippen LogP contribution in [0.1, 0.15) is 26.7 Å². The zero-order valence-corrected chi connectivity index (χ0v) is 15.4. The topological polar surface area (TPSA) is 228 Å². The Kier molecular flexibility index (Phi) is 10.7. The summed E-state index contributed by atoms with van der Waals surface area (Å²) in [5.41, 5.74) is 5.43. The lowest BCUT2D eigenvalue weighted by atomic mass is 10.1. The summed E-state index contributed by atoms with van der Waals surface area (Å²) in [5, 5.41) is 42.2. The van der Waals surface area contributed by atoms with E-state index in [1.54, 1.807) is 0 Å². The molecule has 0 rings (SSSR count). The van der Waals surface area contributed by atoms with Crippen LogP contribution in [-0.2, 0) is 24.0 Å². The van der Waals surface area contributed by atoms with Gasteiger partial charge in [0.05, 0.1) is 12.7 Å². The van der Waals surface area contributed by atoms with Crippen LogP contribution in [0, 0.1) is 0 Å². The number of carbonyl (C=O) groups excluding carboxylic acids is 3. The van der Waals surface area contributed by atoms with Crippen LogP contribution >= 0.6 is 0 Å². The Morgan fingerprint density at radius 3 is 1.86 bits per heavy atom. The fourth-order valence-electron chi connectivity index (χ4n) is 1.89. The third kappa shape index (κ3) is 8.75. The molecule has 9 N–H and O–H groups in total. The third-order valence-corrected chi connectivity index (χ3v) is 3.65. The average molecular weight is 406 g/mol. The Hall–Kier alpha value is -2.77. The predicted molar refractivity (Wildman–Crippen MR) is 92.7 cm³/mol. The van der Waals surface area contributed by atoms with E-state index < -0.39 is 73.0 Å². The number of nitrogens with one attached hydrogen (secondary N) is 3. The Balaban J connectivity index is 5.08. The smallest absolute Gasteiger partial charge is 0.328 e. The van der Waals surface area contributed by atoms with Crippen molar-refractivity contribution >= 4 is 29.7 Å². The summed E-state index contributed by atoms with van der Waals surface area (Å²) in [4.78, 5) is 57.8. The molecule has 0 bridgehead atoms. The van der Waals surface area contributed by atoms with Crippen molar-refractivity contribution in [3.8, 4) is 0 Å². The van der Waals surface area contributed by atoms with Crippen molar-refractivity contribution in [1.29, 1.82) is 0 Å². The lowest BCUT2D eigenvalue weighted by molar-refractivity contribution is -0.144. The predicted octanol–water partition coefficient (Wildman–Crippen LogP) is -3.89. The zero-order chi connectivity index (χ0) is 22.0. The van der Waals surface area contributed by atoms with E-state index >= 15 is 0 Å². The number of hydrogen-bond acceptors (Lipinski definition) is 8. The first-order chi connectivity index (χ1) is 12.9. The molecule has 0 heterocycles. The summed E-state index contributed by atoms with van der Waals surface area (Å²) in [6.07, 6.45) is -2.04. The van der Waals surface area contributed by atoms with Crippen molar-refractivity contribution in [1.82, 2.24) is 16.0 Å². The Bertz CT molecular complexity index is 596. The van der Waals surface area contributed by atoms with Gasteiger partial charge in [0.25, 0.3) is 0 Å². The minimum atomic E-state index is -1.64. The number of aliphatic hydroxyl groups excluding tert-OH is 2. The molecular weight excluding hydrogens is 380 g/mol. The third-order valence-electron chi connectivity index (χ3n) is 3.65. The van der Waals surface area contributed by atoms with Gasteiger partial charge in [-0.3, -0.25) is 19.2 Å². The van der Waals surface area contributed by atoms with Gasteiger partial charge in [-0.2, -0.15) is 0 Å². The molecule has 0 radical (unpaired) electrons. The van der Waals surface area contributed by atoms with Crippen LogP contribution in [0.2, 0.25) is 0 Å². The number of carboxylic acid groups (broad SMARTS) is 2. The molecule has 0 saturated heterocycles. The van der Waals surface area contributed by atoms with Gasteiger partial charge in [0.15, 0.2) is 0 Å². The van der Waals surface area contributed by atoms with Gasteiger partial charge in [0.1, 0.15) is 24.2 Å². The summed E-state index contributed by atoms with van der Waals surface area (Å²) < 4.78 is 0. The molecule has 0 aliphatic carbocycles. The molecule has 0 aliphatic heterocycles. The monoisotopic (exact) mass is 406 g/mol. The van der Waals surface area contributed by atoms with E-state index in [0.717, 1.165) is 0 Å². The highest BCUT2D eigenvalue weighted by atomic mass is 16.4. The van der Waals surface area contributed by atoms with Crippen molar-refractivity contribution in [2.24, 2.45) is 5.73 Å². The standard InChI is InChI=1S/C15H26N4O9/c1-6(17-14(26)11(16)7(2)21)12(24)18-8(3-4-10(22)23)13(25)19-9(5-20)15(27)28/h6-9,11,20-21H,3-5,16H2,1-2H3,(H,17,26)(H,18,24)(H,19,25)(H,22,23)(H,27,28). The van der Waals surface area contributed by atoms with Gasteiger partial charge in [-0.1, -0.05) is 0 Å². The molecular formula is C15H26N4O9. The van der Waals surface area contributed by atoms with Gasteiger partial charge >= 0.3 is 11.9 Å². The first-order valence-corrected chi connectivity index (χ1v) is 8.30. The summed E-state index contributed by atoms with van der Waals surface area (Å²) in [7, 11) is 0. The van der Waals surface area contributed by atoms with Crippen LogP contribution < -0.4 is 21.7 Å². The Labute approximate surface area is 160 Å². The van der Waals surface area contributed by atoms with E-state index in [9.17, 15) is 29.1 Å². The average Bonchev–Trinajstić information content (AvgIpc) is 2.60. The number of aliphatic hydroxyl groups is 2. The number of amides is 3. The van der Waals surface area contributed by atoms with Gasteiger partial charge < -0.3 is 42.1 Å². The van der Waals surface area contributed by atoms with Crippen LogP contribution in [0.3, 0.4) is 0 Å². The molecule has 0 aromatic heterocycles. The molecule has 5 atom stereocenters. The fourth-order valence-corrected chi connectivity index (χ4v) is 1.89. The number of hydrogen-bond donors (Lipinski definition) is 8. The largest absolute Gasteiger partial charge is 0.481 e. The van der Waals surface area contributed by atoms with Crippen LogP contribution in [0.5, 0.6) is 0 Å². The maximum atomic E-state index is 12.2. The zero-order valence-electron chi connectivity index (χ0n) is 15.4. The summed E-state index contributed by atoms with van der Waals surface area (Å²) in [5.74, 6) is -5.49. The maximum Gasteiger partial charge on any atom is 0.328 e. The van der Waals surface area contributed by atoms with Crippen LogP contribution in [-0.4, -0.2) is 87.0 Å². The van der Waals surface area contributed by atoms with Gasteiger partial charge in [-0.05, 0) is 20.3 Å². The van der Waals surface area contributed by atoms with E-state index in [0.29, 0.717) is 0 Å². The minimum Gasteiger partial charge on any atom is -0.481 e. The van der Waals surface area contributed by atoms with Crippen LogP contribution in [0.4, 0.5) is 0 Å². The Morgan fingerprint density at radius 2 is 1.43 bits per heavy atom. The second-order valence-corrected chi connectivity index (χ2v) is 6.07. The van der Waals surface area contributed by atoms with Gasteiger partial charge in [-0.15, -0.1) is 0 Å². The molecule has 13 nitrogen and oxygen atoms in total. The van der Waals surface area contributed by atoms with Gasteiger partial charge in [-0.25, -0.2) is 4.79 Å². The molecule has 28 heavy (non-hydrogen) atoms. The van der Waals surface area contributed by atoms with E-state index in [-0.39, 0.29) is 6.42 Å². The lowest BCUT2D eigenvalue weighted by Gasteiger charge is -2.23. The molecule has 0 aliphatic rings. The number of aliphatic carboxylic acids is 2. The van der Waals surface area contributed by atoms with Gasteiger partial charge in [0, 0.05) is 6.42 Å². The quantitative estimate of drug-likeness (QED) is 0.157. The SMILES string of the molecule is CC(NC(=O)C(N)C(C)O)C(=O)NC(CCC(=O)O)C(=O)NC(CO)C(=O)O. The summed E-state index contributed by atoms with van der Waals surface area (Å²) in [6.45, 7) is 1.63. The van der Waals surface area contributed by atoms with E-state index in [2.05, 4.69) is 10.6 Å². The van der Waals surface area contributed by atoms with Crippen molar-refractivity contribution in [3.05, 3.63) is 0 Å². The van der Waals surface area contributed by atoms with Crippen molar-refractivity contribution in [2.75, 3.05) is 6.61 Å². The van der Waals surface area contributed by atoms with E-state index in [4.69, 9.17) is 21.1 Å². The normalized spacial score (nSPS) is 16.0.